The Morgan fingerprint density at radius 3 is 2.00 bits per heavy atom. The van der Waals surface area contributed by atoms with Crippen molar-refractivity contribution in [2.45, 2.75) is 78.0 Å². The van der Waals surface area contributed by atoms with Crippen LogP contribution in [0.1, 0.15) is 72.1 Å². The van der Waals surface area contributed by atoms with E-state index in [0.29, 0.717) is 0 Å². The Morgan fingerprint density at radius 2 is 1.43 bits per heavy atom. The van der Waals surface area contributed by atoms with Gasteiger partial charge in [-0.1, -0.05) is 78.0 Å². The molecular weight excluding hydrogens is 167 g/mol. The second kappa shape index (κ2) is 9.61. The molecule has 84 valence electrons. The topological polar surface area (TPSA) is 0 Å². The van der Waals surface area contributed by atoms with E-state index in [2.05, 4.69) is 28.6 Å². The number of unbranched alkanes of at least 4 members (excludes halogenated alkanes) is 3. The molecule has 14 heavy (non-hydrogen) atoms. The Hall–Kier alpha value is 0.0649. The first-order valence-corrected chi connectivity index (χ1v) is 6.66. The van der Waals surface area contributed by atoms with Crippen molar-refractivity contribution in [3.63, 3.8) is 0 Å². The van der Waals surface area contributed by atoms with E-state index in [0.717, 1.165) is 11.7 Å². The molecule has 0 saturated heterocycles. The summed E-state index contributed by atoms with van der Waals surface area (Å²) in [6, 6.07) is 0. The fourth-order valence-electron chi connectivity index (χ4n) is 1.92. The molecule has 0 aromatic heterocycles. The predicted octanol–water partition coefficient (Wildman–Crippen LogP) is 4.20. The number of rotatable bonds is 9. The normalized spacial score (nSPS) is 13.4. The third-order valence-corrected chi connectivity index (χ3v) is 3.03. The van der Waals surface area contributed by atoms with Crippen LogP contribution >= 0.6 is 0 Å². The molecule has 0 radical (unpaired) electrons. The highest BCUT2D eigenvalue weighted by Gasteiger charge is 2.01. The van der Waals surface area contributed by atoms with Gasteiger partial charge < -0.3 is 0 Å². The Balaban J connectivity index is 3.10. The number of hydrogen-bond donors (Lipinski definition) is 0. The van der Waals surface area contributed by atoms with Crippen LogP contribution in [0.25, 0.3) is 0 Å². The van der Waals surface area contributed by atoms with Crippen molar-refractivity contribution in [2.24, 2.45) is 5.92 Å². The SMILES string of the molecule is BC(CCCC)CCCCCC(C)C. The molecule has 0 aliphatic rings. The van der Waals surface area contributed by atoms with E-state index in [1.165, 1.54) is 51.4 Å². The Bertz CT molecular complexity index is 110. The summed E-state index contributed by atoms with van der Waals surface area (Å²) in [5.41, 5.74) is 0. The van der Waals surface area contributed by atoms with Gasteiger partial charge in [-0.2, -0.15) is 0 Å². The Labute approximate surface area is 92.3 Å². The zero-order chi connectivity index (χ0) is 10.8. The first-order valence-electron chi connectivity index (χ1n) is 6.66. The number of hydrogen-bond acceptors (Lipinski definition) is 0. The molecule has 0 fully saturated rings. The standard InChI is InChI=1S/C13H29B/c1-4-5-10-13(14)11-8-6-7-9-12(2)3/h12-13H,4-11,14H2,1-3H3. The highest BCUT2D eigenvalue weighted by molar-refractivity contribution is 6.11. The first-order chi connectivity index (χ1) is 6.66. The summed E-state index contributed by atoms with van der Waals surface area (Å²) < 4.78 is 0. The van der Waals surface area contributed by atoms with E-state index < -0.39 is 0 Å². The minimum atomic E-state index is 0.896. The van der Waals surface area contributed by atoms with Gasteiger partial charge in [0.2, 0.25) is 0 Å². The first kappa shape index (κ1) is 14.1. The Kier molecular flexibility index (Phi) is 9.66. The van der Waals surface area contributed by atoms with Crippen LogP contribution in [0.2, 0.25) is 5.82 Å². The maximum absolute atomic E-state index is 2.41. The quantitative estimate of drug-likeness (QED) is 0.383. The van der Waals surface area contributed by atoms with Crippen LogP contribution in [0.3, 0.4) is 0 Å². The van der Waals surface area contributed by atoms with Crippen LogP contribution in [-0.4, -0.2) is 7.85 Å². The van der Waals surface area contributed by atoms with E-state index in [1.807, 2.05) is 0 Å². The van der Waals surface area contributed by atoms with Gasteiger partial charge in [-0.3, -0.25) is 0 Å². The lowest BCUT2D eigenvalue weighted by atomic mass is 9.79. The molecule has 0 aromatic rings. The smallest absolute Gasteiger partial charge is 0.0697 e. The van der Waals surface area contributed by atoms with Crippen LogP contribution in [0.4, 0.5) is 0 Å². The van der Waals surface area contributed by atoms with Crippen molar-refractivity contribution in [2.75, 3.05) is 0 Å². The van der Waals surface area contributed by atoms with Gasteiger partial charge in [-0.25, -0.2) is 0 Å². The molecule has 0 rings (SSSR count). The average Bonchev–Trinajstić information content (AvgIpc) is 2.13. The largest absolute Gasteiger partial charge is 0.105 e. The van der Waals surface area contributed by atoms with Gasteiger partial charge in [-0.15, -0.1) is 0 Å². The summed E-state index contributed by atoms with van der Waals surface area (Å²) in [6.45, 7) is 6.93. The summed E-state index contributed by atoms with van der Waals surface area (Å²) in [4.78, 5) is 0. The van der Waals surface area contributed by atoms with E-state index in [4.69, 9.17) is 0 Å². The maximum Gasteiger partial charge on any atom is 0.105 e. The van der Waals surface area contributed by atoms with E-state index in [-0.39, 0.29) is 0 Å². The lowest BCUT2D eigenvalue weighted by Gasteiger charge is -2.10. The predicted molar refractivity (Wildman–Crippen MR) is 69.7 cm³/mol. The van der Waals surface area contributed by atoms with Crippen LogP contribution in [-0.2, 0) is 0 Å². The van der Waals surface area contributed by atoms with E-state index >= 15 is 0 Å². The molecule has 0 bridgehead atoms. The second-order valence-corrected chi connectivity index (χ2v) is 5.28. The fourth-order valence-corrected chi connectivity index (χ4v) is 1.92. The van der Waals surface area contributed by atoms with Crippen LogP contribution < -0.4 is 0 Å². The van der Waals surface area contributed by atoms with Gasteiger partial charge in [0.1, 0.15) is 7.85 Å². The molecule has 0 heterocycles. The molecule has 1 atom stereocenters. The lowest BCUT2D eigenvalue weighted by Crippen LogP contribution is -1.93. The minimum Gasteiger partial charge on any atom is -0.0697 e. The summed E-state index contributed by atoms with van der Waals surface area (Å²) >= 11 is 0. The Morgan fingerprint density at radius 1 is 0.857 bits per heavy atom. The van der Waals surface area contributed by atoms with Crippen LogP contribution in [0.15, 0.2) is 0 Å². The monoisotopic (exact) mass is 196 g/mol. The zero-order valence-corrected chi connectivity index (χ0v) is 10.8. The summed E-state index contributed by atoms with van der Waals surface area (Å²) in [5.74, 6) is 1.86. The fraction of sp³-hybridized carbons (Fsp3) is 1.00. The third-order valence-electron chi connectivity index (χ3n) is 3.03. The summed E-state index contributed by atoms with van der Waals surface area (Å²) in [5, 5.41) is 0. The lowest BCUT2D eigenvalue weighted by molar-refractivity contribution is 0.508. The molecule has 1 heteroatoms. The van der Waals surface area contributed by atoms with Gasteiger partial charge in [0.05, 0.1) is 0 Å². The van der Waals surface area contributed by atoms with Crippen LogP contribution in [0.5, 0.6) is 0 Å². The van der Waals surface area contributed by atoms with Gasteiger partial charge in [0.15, 0.2) is 0 Å². The van der Waals surface area contributed by atoms with Crippen LogP contribution in [0, 0.1) is 5.92 Å². The second-order valence-electron chi connectivity index (χ2n) is 5.28. The molecule has 0 spiro atoms. The average molecular weight is 196 g/mol. The van der Waals surface area contributed by atoms with E-state index in [9.17, 15) is 0 Å². The molecule has 1 unspecified atom stereocenters. The molecule has 0 aliphatic carbocycles. The summed E-state index contributed by atoms with van der Waals surface area (Å²) in [6.07, 6.45) is 11.5. The van der Waals surface area contributed by atoms with Gasteiger partial charge in [-0.05, 0) is 5.92 Å². The van der Waals surface area contributed by atoms with Crippen molar-refractivity contribution < 1.29 is 0 Å². The highest BCUT2D eigenvalue weighted by Crippen LogP contribution is 2.19. The van der Waals surface area contributed by atoms with Crippen molar-refractivity contribution >= 4 is 7.85 Å². The molecule has 0 N–H and O–H groups in total. The molecule has 0 aliphatic heterocycles. The molecule has 0 amide bonds. The minimum absolute atomic E-state index is 0.896. The molecule has 0 nitrogen and oxygen atoms in total. The third kappa shape index (κ3) is 10.1. The van der Waals surface area contributed by atoms with Crippen molar-refractivity contribution in [3.05, 3.63) is 0 Å². The highest BCUT2D eigenvalue weighted by atomic mass is 14.0. The van der Waals surface area contributed by atoms with Crippen molar-refractivity contribution in [3.8, 4) is 0 Å². The zero-order valence-electron chi connectivity index (χ0n) is 10.8. The maximum atomic E-state index is 2.41. The van der Waals surface area contributed by atoms with Gasteiger partial charge in [0.25, 0.3) is 0 Å². The van der Waals surface area contributed by atoms with Crippen molar-refractivity contribution in [1.82, 2.24) is 0 Å². The molecule has 0 saturated carbocycles. The summed E-state index contributed by atoms with van der Waals surface area (Å²) in [7, 11) is 2.41. The molecule has 0 aromatic carbocycles. The van der Waals surface area contributed by atoms with Gasteiger partial charge in [0, 0.05) is 0 Å². The van der Waals surface area contributed by atoms with Gasteiger partial charge >= 0.3 is 0 Å². The van der Waals surface area contributed by atoms with Crippen molar-refractivity contribution in [1.29, 1.82) is 0 Å². The molecular formula is C13H29B. The van der Waals surface area contributed by atoms with E-state index in [1.54, 1.807) is 0 Å².